The van der Waals surface area contributed by atoms with Crippen molar-refractivity contribution >= 4 is 34.5 Å². The van der Waals surface area contributed by atoms with Gasteiger partial charge in [-0.25, -0.2) is 0 Å². The molecule has 2 aromatic rings. The Morgan fingerprint density at radius 1 is 1.24 bits per heavy atom. The van der Waals surface area contributed by atoms with Crippen molar-refractivity contribution in [3.05, 3.63) is 29.8 Å². The zero-order chi connectivity index (χ0) is 24.1. The van der Waals surface area contributed by atoms with Gasteiger partial charge in [0.2, 0.25) is 11.8 Å². The van der Waals surface area contributed by atoms with Crippen LogP contribution in [0.4, 0.5) is 0 Å². The average Bonchev–Trinajstić information content (AvgIpc) is 3.01. The van der Waals surface area contributed by atoms with E-state index in [0.717, 1.165) is 47.5 Å². The summed E-state index contributed by atoms with van der Waals surface area (Å²) in [7, 11) is 2.01. The molecule has 1 atom stereocenters. The maximum atomic E-state index is 13.7. The number of nitrogens with one attached hydrogen (secondary N) is 1. The molecule has 0 radical (unpaired) electrons. The minimum atomic E-state index is -0.657. The van der Waals surface area contributed by atoms with Gasteiger partial charge in [-0.15, -0.1) is 0 Å². The lowest BCUT2D eigenvalue weighted by atomic mass is 10.0. The van der Waals surface area contributed by atoms with Crippen molar-refractivity contribution in [2.24, 2.45) is 7.05 Å². The molecule has 0 spiro atoms. The molecule has 2 aliphatic rings. The van der Waals surface area contributed by atoms with Crippen molar-refractivity contribution in [3.63, 3.8) is 0 Å². The smallest absolute Gasteiger partial charge is 0.247 e. The number of aryl methyl sites for hydroxylation is 1. The van der Waals surface area contributed by atoms with Crippen LogP contribution in [-0.4, -0.2) is 90.6 Å². The van der Waals surface area contributed by atoms with Gasteiger partial charge in [0.15, 0.2) is 0 Å². The highest BCUT2D eigenvalue weighted by atomic mass is 32.2. The highest BCUT2D eigenvalue weighted by Crippen LogP contribution is 2.41. The van der Waals surface area contributed by atoms with E-state index in [2.05, 4.69) is 26.9 Å². The van der Waals surface area contributed by atoms with E-state index >= 15 is 0 Å². The summed E-state index contributed by atoms with van der Waals surface area (Å²) in [6.45, 7) is 9.47. The second kappa shape index (κ2) is 11.6. The number of carbonyl (C=O) groups is 2. The molecule has 1 fully saturated rings. The van der Waals surface area contributed by atoms with E-state index in [1.165, 1.54) is 11.8 Å². The number of para-hydroxylation sites is 1. The first kappa shape index (κ1) is 25.0. The lowest BCUT2D eigenvalue weighted by molar-refractivity contribution is -0.139. The van der Waals surface area contributed by atoms with E-state index in [9.17, 15) is 9.59 Å². The predicted octanol–water partition coefficient (Wildman–Crippen LogP) is 2.42. The zero-order valence-electron chi connectivity index (χ0n) is 20.4. The van der Waals surface area contributed by atoms with Crippen molar-refractivity contribution in [2.45, 2.75) is 37.4 Å². The molecule has 1 aromatic heterocycles. The third-order valence-corrected chi connectivity index (χ3v) is 7.57. The Morgan fingerprint density at radius 2 is 2.00 bits per heavy atom. The molecule has 186 valence electrons. The number of hydrogen-bond donors (Lipinski definition) is 1. The Hall–Kier alpha value is -2.07. The molecule has 3 heterocycles. The van der Waals surface area contributed by atoms with Gasteiger partial charge in [0.05, 0.1) is 30.1 Å². The molecule has 9 heteroatoms. The van der Waals surface area contributed by atoms with Crippen LogP contribution in [0.15, 0.2) is 29.3 Å². The molecule has 1 unspecified atom stereocenters. The number of rotatable bonds is 9. The maximum Gasteiger partial charge on any atom is 0.247 e. The van der Waals surface area contributed by atoms with Gasteiger partial charge in [-0.2, -0.15) is 0 Å². The molecule has 1 aromatic carbocycles. The van der Waals surface area contributed by atoms with Crippen LogP contribution < -0.4 is 5.32 Å². The van der Waals surface area contributed by atoms with Crippen molar-refractivity contribution in [1.82, 2.24) is 19.7 Å². The minimum absolute atomic E-state index is 0.00170. The predicted molar refractivity (Wildman–Crippen MR) is 134 cm³/mol. The first-order valence-electron chi connectivity index (χ1n) is 12.2. The first-order valence-corrected chi connectivity index (χ1v) is 13.1. The number of amides is 2. The normalized spacial score (nSPS) is 19.5. The van der Waals surface area contributed by atoms with Gasteiger partial charge >= 0.3 is 0 Å². The van der Waals surface area contributed by atoms with Gasteiger partial charge in [0, 0.05) is 62.8 Å². The van der Waals surface area contributed by atoms with Crippen molar-refractivity contribution in [1.29, 1.82) is 0 Å². The van der Waals surface area contributed by atoms with Gasteiger partial charge in [-0.1, -0.05) is 30.0 Å². The maximum absolute atomic E-state index is 13.7. The van der Waals surface area contributed by atoms with E-state index in [-0.39, 0.29) is 17.9 Å². The van der Waals surface area contributed by atoms with Crippen molar-refractivity contribution in [2.75, 3.05) is 58.3 Å². The molecule has 2 aliphatic heterocycles. The SMILES string of the molecule is CC(C)OCCCNC(=O)C1c2c(n(C)c3ccccc23)SCC(=O)N1CCN1CCOCC1. The van der Waals surface area contributed by atoms with Crippen LogP contribution in [0.25, 0.3) is 10.9 Å². The summed E-state index contributed by atoms with van der Waals surface area (Å²) < 4.78 is 13.2. The second-order valence-corrected chi connectivity index (χ2v) is 10.1. The lowest BCUT2D eigenvalue weighted by Gasteiger charge is -2.33. The number of carbonyl (C=O) groups excluding carboxylic acids is 2. The van der Waals surface area contributed by atoms with Crippen molar-refractivity contribution < 1.29 is 19.1 Å². The van der Waals surface area contributed by atoms with E-state index < -0.39 is 6.04 Å². The zero-order valence-corrected chi connectivity index (χ0v) is 21.2. The first-order chi connectivity index (χ1) is 16.5. The standard InChI is InChI=1S/C25H36N4O4S/c1-18(2)33-14-6-9-26-24(31)23-22-19-7-4-5-8-20(19)27(3)25(22)34-17-21(30)29(23)11-10-28-12-15-32-16-13-28/h4-5,7-8,18,23H,6,9-17H2,1-3H3,(H,26,31). The quantitative estimate of drug-likeness (QED) is 0.547. The molecule has 2 amide bonds. The number of nitrogens with zero attached hydrogens (tertiary/aromatic N) is 3. The summed E-state index contributed by atoms with van der Waals surface area (Å²) in [6, 6.07) is 7.48. The topological polar surface area (TPSA) is 76.0 Å². The number of thioether (sulfide) groups is 1. The summed E-state index contributed by atoms with van der Waals surface area (Å²) in [4.78, 5) is 31.1. The van der Waals surface area contributed by atoms with Gasteiger partial charge in [-0.05, 0) is 26.3 Å². The lowest BCUT2D eigenvalue weighted by Crippen LogP contribution is -2.48. The van der Waals surface area contributed by atoms with Gasteiger partial charge in [0.25, 0.3) is 0 Å². The fourth-order valence-corrected chi connectivity index (χ4v) is 5.75. The number of ether oxygens (including phenoxy) is 2. The van der Waals surface area contributed by atoms with Crippen LogP contribution in [-0.2, 0) is 26.1 Å². The van der Waals surface area contributed by atoms with Crippen LogP contribution in [0.3, 0.4) is 0 Å². The summed E-state index contributed by atoms with van der Waals surface area (Å²) in [6.07, 6.45) is 0.899. The third-order valence-electron chi connectivity index (χ3n) is 6.41. The Kier molecular flexibility index (Phi) is 8.52. The highest BCUT2D eigenvalue weighted by Gasteiger charge is 2.38. The fraction of sp³-hybridized carbons (Fsp3) is 0.600. The van der Waals surface area contributed by atoms with Gasteiger partial charge in [-0.3, -0.25) is 14.5 Å². The van der Waals surface area contributed by atoms with E-state index in [0.29, 0.717) is 38.7 Å². The van der Waals surface area contributed by atoms with E-state index in [1.807, 2.05) is 33.0 Å². The van der Waals surface area contributed by atoms with Gasteiger partial charge in [0.1, 0.15) is 6.04 Å². The molecule has 0 aliphatic carbocycles. The molecule has 8 nitrogen and oxygen atoms in total. The van der Waals surface area contributed by atoms with Crippen molar-refractivity contribution in [3.8, 4) is 0 Å². The average molecular weight is 489 g/mol. The largest absolute Gasteiger partial charge is 0.379 e. The Morgan fingerprint density at radius 3 is 2.76 bits per heavy atom. The molecule has 0 saturated carbocycles. The molecule has 1 N–H and O–H groups in total. The van der Waals surface area contributed by atoms with Crippen LogP contribution >= 0.6 is 11.8 Å². The molecule has 34 heavy (non-hydrogen) atoms. The summed E-state index contributed by atoms with van der Waals surface area (Å²) in [5, 5.41) is 5.11. The molecule has 4 rings (SSSR count). The van der Waals surface area contributed by atoms with Crippen LogP contribution in [0.5, 0.6) is 0 Å². The van der Waals surface area contributed by atoms with E-state index in [4.69, 9.17) is 9.47 Å². The third kappa shape index (κ3) is 5.59. The number of hydrogen-bond acceptors (Lipinski definition) is 6. The number of aromatic nitrogens is 1. The Labute approximate surface area is 205 Å². The fourth-order valence-electron chi connectivity index (χ4n) is 4.65. The number of morpholine rings is 1. The summed E-state index contributed by atoms with van der Waals surface area (Å²) in [5.74, 6) is 0.202. The van der Waals surface area contributed by atoms with E-state index in [1.54, 1.807) is 4.90 Å². The molecular formula is C25H36N4O4S. The van der Waals surface area contributed by atoms with Crippen LogP contribution in [0.2, 0.25) is 0 Å². The Bertz CT molecular complexity index is 1000. The minimum Gasteiger partial charge on any atom is -0.379 e. The summed E-state index contributed by atoms with van der Waals surface area (Å²) >= 11 is 1.53. The second-order valence-electron chi connectivity index (χ2n) is 9.09. The van der Waals surface area contributed by atoms with Gasteiger partial charge < -0.3 is 24.3 Å². The highest BCUT2D eigenvalue weighted by molar-refractivity contribution is 8.00. The molecule has 1 saturated heterocycles. The molecular weight excluding hydrogens is 452 g/mol. The Balaban J connectivity index is 1.61. The van der Waals surface area contributed by atoms with Crippen LogP contribution in [0.1, 0.15) is 31.9 Å². The van der Waals surface area contributed by atoms with Crippen LogP contribution in [0, 0.1) is 0 Å². The monoisotopic (exact) mass is 488 g/mol. The summed E-state index contributed by atoms with van der Waals surface area (Å²) in [5.41, 5.74) is 2.01. The molecule has 0 bridgehead atoms. The number of fused-ring (bicyclic) bond motifs is 3. The number of benzene rings is 1.